The van der Waals surface area contributed by atoms with E-state index in [0.717, 1.165) is 12.5 Å². The van der Waals surface area contributed by atoms with Gasteiger partial charge in [-0.05, 0) is 18.4 Å². The van der Waals surface area contributed by atoms with E-state index in [9.17, 15) is 14.9 Å². The lowest BCUT2D eigenvalue weighted by molar-refractivity contribution is -0.385. The fourth-order valence-corrected chi connectivity index (χ4v) is 1.41. The lowest BCUT2D eigenvalue weighted by Gasteiger charge is -2.10. The molecule has 18 heavy (non-hydrogen) atoms. The van der Waals surface area contributed by atoms with Crippen LogP contribution in [-0.2, 0) is 0 Å². The molecule has 0 radical (unpaired) electrons. The molecule has 0 aromatic heterocycles. The molecule has 1 aromatic carbocycles. The molecule has 0 bridgehead atoms. The molecule has 0 heterocycles. The van der Waals surface area contributed by atoms with Gasteiger partial charge in [0.25, 0.3) is 5.69 Å². The molecule has 0 aliphatic heterocycles. The Balaban J connectivity index is 3.00. The Hall–Kier alpha value is -2.11. The predicted octanol–water partition coefficient (Wildman–Crippen LogP) is 2.72. The number of carboxylic acids is 1. The van der Waals surface area contributed by atoms with Crippen LogP contribution in [0.1, 0.15) is 30.6 Å². The lowest BCUT2D eigenvalue weighted by atomic mass is 10.1. The van der Waals surface area contributed by atoms with Crippen LogP contribution >= 0.6 is 0 Å². The summed E-state index contributed by atoms with van der Waals surface area (Å²) in [5.74, 6) is -0.906. The van der Waals surface area contributed by atoms with E-state index in [0.29, 0.717) is 12.5 Å². The molecule has 0 atom stereocenters. The smallest absolute Gasteiger partial charge is 0.346 e. The summed E-state index contributed by atoms with van der Waals surface area (Å²) in [6, 6.07) is 3.99. The second-order valence-electron chi connectivity index (χ2n) is 4.24. The quantitative estimate of drug-likeness (QED) is 0.621. The third-order valence-electron chi connectivity index (χ3n) is 2.37. The van der Waals surface area contributed by atoms with Gasteiger partial charge in [-0.15, -0.1) is 0 Å². The monoisotopic (exact) mass is 253 g/mol. The zero-order valence-electron chi connectivity index (χ0n) is 10.3. The Kier molecular flexibility index (Phi) is 4.65. The standard InChI is InChI=1S/C12H15NO5/c1-8(2)6-7-18-10-5-3-4-9(13(16)17)11(10)12(14)15/h3-5,8H,6-7H2,1-2H3,(H,14,15). The van der Waals surface area contributed by atoms with Crippen LogP contribution in [0.5, 0.6) is 5.75 Å². The number of nitro groups is 1. The Morgan fingerprint density at radius 1 is 1.50 bits per heavy atom. The number of nitro benzene ring substituents is 1. The van der Waals surface area contributed by atoms with Gasteiger partial charge in [-0.1, -0.05) is 19.9 Å². The van der Waals surface area contributed by atoms with Gasteiger partial charge in [0.05, 0.1) is 11.5 Å². The van der Waals surface area contributed by atoms with Crippen LogP contribution in [0.3, 0.4) is 0 Å². The Labute approximate surface area is 104 Å². The summed E-state index contributed by atoms with van der Waals surface area (Å²) in [6.07, 6.45) is 0.752. The zero-order chi connectivity index (χ0) is 13.7. The minimum absolute atomic E-state index is 0.0392. The van der Waals surface area contributed by atoms with Crippen LogP contribution in [0.4, 0.5) is 5.69 Å². The normalized spacial score (nSPS) is 10.4. The van der Waals surface area contributed by atoms with Crippen molar-refractivity contribution in [2.75, 3.05) is 6.61 Å². The maximum Gasteiger partial charge on any atom is 0.346 e. The van der Waals surface area contributed by atoms with E-state index in [4.69, 9.17) is 9.84 Å². The van der Waals surface area contributed by atoms with Gasteiger partial charge in [0, 0.05) is 6.07 Å². The molecule has 0 aliphatic rings. The first-order chi connectivity index (χ1) is 8.43. The molecule has 1 aromatic rings. The highest BCUT2D eigenvalue weighted by Gasteiger charge is 2.24. The van der Waals surface area contributed by atoms with Crippen molar-refractivity contribution in [3.05, 3.63) is 33.9 Å². The van der Waals surface area contributed by atoms with Gasteiger partial charge in [-0.25, -0.2) is 4.79 Å². The summed E-state index contributed by atoms with van der Waals surface area (Å²) in [4.78, 5) is 21.1. The average Bonchev–Trinajstić information content (AvgIpc) is 2.27. The number of benzene rings is 1. The first-order valence-electron chi connectivity index (χ1n) is 5.57. The largest absolute Gasteiger partial charge is 0.492 e. The second-order valence-corrected chi connectivity index (χ2v) is 4.24. The summed E-state index contributed by atoms with van der Waals surface area (Å²) < 4.78 is 5.31. The van der Waals surface area contributed by atoms with E-state index in [-0.39, 0.29) is 5.75 Å². The molecule has 0 saturated carbocycles. The second kappa shape index (κ2) is 6.00. The predicted molar refractivity (Wildman–Crippen MR) is 65.0 cm³/mol. The van der Waals surface area contributed by atoms with Crippen molar-refractivity contribution in [1.29, 1.82) is 0 Å². The average molecular weight is 253 g/mol. The minimum Gasteiger partial charge on any atom is -0.492 e. The third-order valence-corrected chi connectivity index (χ3v) is 2.37. The van der Waals surface area contributed by atoms with Crippen LogP contribution in [0.15, 0.2) is 18.2 Å². The molecule has 1 N–H and O–H groups in total. The van der Waals surface area contributed by atoms with E-state index >= 15 is 0 Å². The topological polar surface area (TPSA) is 89.7 Å². The van der Waals surface area contributed by atoms with Gasteiger partial charge < -0.3 is 9.84 Å². The number of rotatable bonds is 6. The molecule has 6 heteroatoms. The van der Waals surface area contributed by atoms with Crippen molar-refractivity contribution < 1.29 is 19.6 Å². The van der Waals surface area contributed by atoms with E-state index in [1.54, 1.807) is 0 Å². The van der Waals surface area contributed by atoms with Gasteiger partial charge in [-0.3, -0.25) is 10.1 Å². The summed E-state index contributed by atoms with van der Waals surface area (Å²) in [5, 5.41) is 19.8. The summed E-state index contributed by atoms with van der Waals surface area (Å²) in [6.45, 7) is 4.35. The molecule has 0 aliphatic carbocycles. The van der Waals surface area contributed by atoms with Crippen LogP contribution in [0.25, 0.3) is 0 Å². The van der Waals surface area contributed by atoms with Gasteiger partial charge >= 0.3 is 5.97 Å². The Bertz CT molecular complexity index is 456. The van der Waals surface area contributed by atoms with Crippen molar-refractivity contribution in [3.8, 4) is 5.75 Å². The van der Waals surface area contributed by atoms with Crippen LogP contribution in [0.2, 0.25) is 0 Å². The van der Waals surface area contributed by atoms with Gasteiger partial charge in [-0.2, -0.15) is 0 Å². The lowest BCUT2D eigenvalue weighted by Crippen LogP contribution is -2.08. The maximum atomic E-state index is 11.1. The van der Waals surface area contributed by atoms with Gasteiger partial charge in [0.1, 0.15) is 5.75 Å². The SMILES string of the molecule is CC(C)CCOc1cccc([N+](=O)[O-])c1C(=O)O. The van der Waals surface area contributed by atoms with Crippen molar-refractivity contribution in [2.24, 2.45) is 5.92 Å². The van der Waals surface area contributed by atoms with Crippen molar-refractivity contribution >= 4 is 11.7 Å². The van der Waals surface area contributed by atoms with Crippen molar-refractivity contribution in [3.63, 3.8) is 0 Å². The molecular formula is C12H15NO5. The van der Waals surface area contributed by atoms with Crippen LogP contribution < -0.4 is 4.74 Å². The van der Waals surface area contributed by atoms with Gasteiger partial charge in [0.2, 0.25) is 0 Å². The molecule has 6 nitrogen and oxygen atoms in total. The molecule has 98 valence electrons. The number of hydrogen-bond acceptors (Lipinski definition) is 4. The number of ether oxygens (including phenoxy) is 1. The number of nitrogens with zero attached hydrogens (tertiary/aromatic N) is 1. The molecule has 1 rings (SSSR count). The van der Waals surface area contributed by atoms with Crippen molar-refractivity contribution in [2.45, 2.75) is 20.3 Å². The van der Waals surface area contributed by atoms with Crippen LogP contribution in [-0.4, -0.2) is 22.6 Å². The zero-order valence-corrected chi connectivity index (χ0v) is 10.3. The fourth-order valence-electron chi connectivity index (χ4n) is 1.41. The highest BCUT2D eigenvalue weighted by atomic mass is 16.6. The molecule has 0 fully saturated rings. The Morgan fingerprint density at radius 3 is 2.67 bits per heavy atom. The van der Waals surface area contributed by atoms with E-state index in [1.165, 1.54) is 12.1 Å². The first-order valence-corrected chi connectivity index (χ1v) is 5.57. The number of aromatic carboxylic acids is 1. The molecule has 0 amide bonds. The van der Waals surface area contributed by atoms with E-state index in [1.807, 2.05) is 13.8 Å². The van der Waals surface area contributed by atoms with Crippen LogP contribution in [0, 0.1) is 16.0 Å². The molecule has 0 saturated heterocycles. The van der Waals surface area contributed by atoms with E-state index in [2.05, 4.69) is 0 Å². The fraction of sp³-hybridized carbons (Fsp3) is 0.417. The maximum absolute atomic E-state index is 11.1. The molecule has 0 spiro atoms. The highest BCUT2D eigenvalue weighted by Crippen LogP contribution is 2.28. The number of carbonyl (C=O) groups is 1. The molecule has 0 unspecified atom stereocenters. The molecular weight excluding hydrogens is 238 g/mol. The summed E-state index contributed by atoms with van der Waals surface area (Å²) >= 11 is 0. The van der Waals surface area contributed by atoms with Crippen molar-refractivity contribution in [1.82, 2.24) is 0 Å². The summed E-state index contributed by atoms with van der Waals surface area (Å²) in [7, 11) is 0. The first kappa shape index (κ1) is 14.0. The Morgan fingerprint density at radius 2 is 2.17 bits per heavy atom. The summed E-state index contributed by atoms with van der Waals surface area (Å²) in [5.41, 5.74) is -0.851. The third kappa shape index (κ3) is 3.44. The minimum atomic E-state index is -1.36. The highest BCUT2D eigenvalue weighted by molar-refractivity contribution is 5.95. The number of carboxylic acid groups (broad SMARTS) is 1. The van der Waals surface area contributed by atoms with E-state index < -0.39 is 22.1 Å². The van der Waals surface area contributed by atoms with Gasteiger partial charge in [0.15, 0.2) is 5.56 Å². The number of hydrogen-bond donors (Lipinski definition) is 1.